The lowest BCUT2D eigenvalue weighted by Crippen LogP contribution is -2.49. The number of likely N-dealkylation sites (tertiary alicyclic amines) is 1. The molecule has 2 fully saturated rings. The highest BCUT2D eigenvalue weighted by Crippen LogP contribution is 2.31. The summed E-state index contributed by atoms with van der Waals surface area (Å²) in [5.74, 6) is 1.66. The molecule has 0 radical (unpaired) electrons. The van der Waals surface area contributed by atoms with Crippen molar-refractivity contribution in [3.8, 4) is 5.75 Å². The van der Waals surface area contributed by atoms with Crippen LogP contribution in [0.25, 0.3) is 0 Å². The monoisotopic (exact) mass is 513 g/mol. The van der Waals surface area contributed by atoms with Crippen molar-refractivity contribution in [1.82, 2.24) is 15.5 Å². The van der Waals surface area contributed by atoms with E-state index < -0.39 is 0 Å². The second kappa shape index (κ2) is 10.5. The maximum atomic E-state index is 12.2. The predicted octanol–water partition coefficient (Wildman–Crippen LogP) is 2.21. The number of aliphatic imine (C=N–C) groups is 1. The number of fused-ring (bicyclic) bond motifs is 1. The number of piperidine rings is 1. The molecule has 0 atom stereocenters. The zero-order chi connectivity index (χ0) is 19.3. The normalized spacial score (nSPS) is 20.5. The zero-order valence-electron chi connectivity index (χ0n) is 17.1. The van der Waals surface area contributed by atoms with Gasteiger partial charge in [-0.05, 0) is 44.2 Å². The van der Waals surface area contributed by atoms with Gasteiger partial charge in [0.2, 0.25) is 0 Å². The number of anilines is 1. The Labute approximate surface area is 190 Å². The van der Waals surface area contributed by atoms with Gasteiger partial charge in [-0.2, -0.15) is 0 Å². The van der Waals surface area contributed by atoms with Gasteiger partial charge in [-0.3, -0.25) is 9.79 Å². The van der Waals surface area contributed by atoms with Crippen LogP contribution >= 0.6 is 24.0 Å². The molecule has 1 aliphatic carbocycles. The quantitative estimate of drug-likeness (QED) is 0.264. The molecule has 3 aliphatic rings. The van der Waals surface area contributed by atoms with Crippen LogP contribution in [-0.4, -0.2) is 68.7 Å². The maximum absolute atomic E-state index is 12.2. The first-order valence-electron chi connectivity index (χ1n) is 10.5. The number of halogens is 1. The fraction of sp³-hybridized carbons (Fsp3) is 0.619. The van der Waals surface area contributed by atoms with Crippen LogP contribution in [0.1, 0.15) is 32.1 Å². The number of nitrogens with one attached hydrogen (secondary N) is 2. The van der Waals surface area contributed by atoms with Gasteiger partial charge in [0.05, 0.1) is 5.69 Å². The van der Waals surface area contributed by atoms with Gasteiger partial charge in [-0.1, -0.05) is 12.1 Å². The van der Waals surface area contributed by atoms with Crippen molar-refractivity contribution in [3.63, 3.8) is 0 Å². The summed E-state index contributed by atoms with van der Waals surface area (Å²) in [6.45, 7) is 3.94. The highest BCUT2D eigenvalue weighted by Gasteiger charge is 2.32. The van der Waals surface area contributed by atoms with Crippen molar-refractivity contribution in [1.29, 1.82) is 0 Å². The predicted molar refractivity (Wildman–Crippen MR) is 126 cm³/mol. The Hall–Kier alpha value is -1.55. The molecule has 0 bridgehead atoms. The first kappa shape index (κ1) is 22.1. The summed E-state index contributed by atoms with van der Waals surface area (Å²) in [4.78, 5) is 21.0. The maximum Gasteiger partial charge on any atom is 0.265 e. The molecular weight excluding hydrogens is 481 g/mol. The average molecular weight is 513 g/mol. The summed E-state index contributed by atoms with van der Waals surface area (Å²) < 4.78 is 5.50. The van der Waals surface area contributed by atoms with Crippen LogP contribution in [-0.2, 0) is 4.79 Å². The number of amides is 1. The minimum Gasteiger partial charge on any atom is -0.482 e. The van der Waals surface area contributed by atoms with E-state index in [9.17, 15) is 4.79 Å². The molecule has 160 valence electrons. The third-order valence-corrected chi connectivity index (χ3v) is 5.82. The molecule has 7 nitrogen and oxygen atoms in total. The Morgan fingerprint density at radius 3 is 2.69 bits per heavy atom. The van der Waals surface area contributed by atoms with Gasteiger partial charge in [0.1, 0.15) is 5.75 Å². The van der Waals surface area contributed by atoms with Crippen LogP contribution in [0.3, 0.4) is 0 Å². The Morgan fingerprint density at radius 1 is 1.21 bits per heavy atom. The van der Waals surface area contributed by atoms with E-state index >= 15 is 0 Å². The minimum atomic E-state index is 0. The first-order valence-corrected chi connectivity index (χ1v) is 10.5. The summed E-state index contributed by atoms with van der Waals surface area (Å²) in [6, 6.07) is 9.08. The van der Waals surface area contributed by atoms with Gasteiger partial charge in [0.15, 0.2) is 12.6 Å². The molecule has 8 heteroatoms. The van der Waals surface area contributed by atoms with Crippen molar-refractivity contribution in [2.24, 2.45) is 4.99 Å². The molecule has 0 spiro atoms. The van der Waals surface area contributed by atoms with E-state index in [1.54, 1.807) is 0 Å². The smallest absolute Gasteiger partial charge is 0.265 e. The number of para-hydroxylation sites is 2. The fourth-order valence-electron chi connectivity index (χ4n) is 4.08. The topological polar surface area (TPSA) is 69.2 Å². The summed E-state index contributed by atoms with van der Waals surface area (Å²) in [5.41, 5.74) is 0.865. The number of nitrogens with zero attached hydrogens (tertiary/aromatic N) is 3. The van der Waals surface area contributed by atoms with Crippen LogP contribution in [0.4, 0.5) is 5.69 Å². The van der Waals surface area contributed by atoms with Crippen LogP contribution < -0.4 is 20.3 Å². The molecule has 1 saturated heterocycles. The van der Waals surface area contributed by atoms with Gasteiger partial charge in [0.25, 0.3) is 5.91 Å². The molecule has 0 unspecified atom stereocenters. The number of benzene rings is 1. The Bertz CT molecular complexity index is 717. The Morgan fingerprint density at radius 2 is 1.97 bits per heavy atom. The number of rotatable bonds is 6. The number of guanidine groups is 1. The molecule has 2 heterocycles. The molecule has 1 amide bonds. The molecular formula is C21H32IN5O2. The highest BCUT2D eigenvalue weighted by atomic mass is 127. The summed E-state index contributed by atoms with van der Waals surface area (Å²) in [5, 5.41) is 6.96. The van der Waals surface area contributed by atoms with Crippen molar-refractivity contribution in [2.75, 3.05) is 44.7 Å². The van der Waals surface area contributed by atoms with Gasteiger partial charge in [-0.25, -0.2) is 0 Å². The van der Waals surface area contributed by atoms with E-state index in [4.69, 9.17) is 4.74 Å². The molecule has 0 aromatic heterocycles. The first-order chi connectivity index (χ1) is 13.7. The van der Waals surface area contributed by atoms with Gasteiger partial charge >= 0.3 is 0 Å². The van der Waals surface area contributed by atoms with Crippen molar-refractivity contribution < 1.29 is 9.53 Å². The van der Waals surface area contributed by atoms with Crippen LogP contribution in [0, 0.1) is 0 Å². The van der Waals surface area contributed by atoms with Crippen molar-refractivity contribution >= 4 is 41.5 Å². The van der Waals surface area contributed by atoms with Crippen LogP contribution in [0.2, 0.25) is 0 Å². The van der Waals surface area contributed by atoms with Crippen LogP contribution in [0.5, 0.6) is 5.75 Å². The van der Waals surface area contributed by atoms with Gasteiger partial charge in [0, 0.05) is 45.3 Å². The highest BCUT2D eigenvalue weighted by molar-refractivity contribution is 14.0. The summed E-state index contributed by atoms with van der Waals surface area (Å²) in [7, 11) is 1.82. The number of carbonyl (C=O) groups excluding carboxylic acids is 1. The second-order valence-electron chi connectivity index (χ2n) is 7.84. The minimum absolute atomic E-state index is 0. The Balaban J connectivity index is 0.00000240. The number of carbonyl (C=O) groups is 1. The number of hydrogen-bond donors (Lipinski definition) is 2. The lowest BCUT2D eigenvalue weighted by Gasteiger charge is -2.33. The number of hydrogen-bond acceptors (Lipinski definition) is 4. The van der Waals surface area contributed by atoms with E-state index in [0.717, 1.165) is 36.4 Å². The molecule has 1 aromatic rings. The molecule has 4 rings (SSSR count). The lowest BCUT2D eigenvalue weighted by atomic mass is 10.1. The van der Waals surface area contributed by atoms with E-state index in [1.807, 2.05) is 36.2 Å². The number of ether oxygens (including phenoxy) is 1. The molecule has 29 heavy (non-hydrogen) atoms. The van der Waals surface area contributed by atoms with E-state index in [0.29, 0.717) is 12.6 Å². The third-order valence-electron chi connectivity index (χ3n) is 5.82. The van der Waals surface area contributed by atoms with E-state index in [-0.39, 0.29) is 36.5 Å². The third kappa shape index (κ3) is 5.75. The summed E-state index contributed by atoms with van der Waals surface area (Å²) >= 11 is 0. The van der Waals surface area contributed by atoms with E-state index in [1.165, 1.54) is 38.8 Å². The lowest BCUT2D eigenvalue weighted by molar-refractivity contribution is -0.121. The van der Waals surface area contributed by atoms with Gasteiger partial charge in [-0.15, -0.1) is 24.0 Å². The van der Waals surface area contributed by atoms with Crippen molar-refractivity contribution in [3.05, 3.63) is 24.3 Å². The molecule has 2 aliphatic heterocycles. The molecule has 1 aromatic carbocycles. The second-order valence-corrected chi connectivity index (χ2v) is 7.84. The van der Waals surface area contributed by atoms with Crippen molar-refractivity contribution in [2.45, 2.75) is 44.2 Å². The van der Waals surface area contributed by atoms with E-state index in [2.05, 4.69) is 20.5 Å². The molecule has 1 saturated carbocycles. The Kier molecular flexibility index (Phi) is 7.99. The SMILES string of the molecule is CN=C(NCCCN1C(=O)COc2ccccc21)NC1CCN(C2CC2)CC1.I. The van der Waals surface area contributed by atoms with Crippen LogP contribution in [0.15, 0.2) is 29.3 Å². The zero-order valence-corrected chi connectivity index (χ0v) is 19.4. The summed E-state index contributed by atoms with van der Waals surface area (Å²) in [6.07, 6.45) is 5.97. The average Bonchev–Trinajstić information content (AvgIpc) is 3.57. The molecule has 2 N–H and O–H groups in total. The fourth-order valence-corrected chi connectivity index (χ4v) is 4.08. The van der Waals surface area contributed by atoms with Gasteiger partial charge < -0.3 is 25.2 Å². The largest absolute Gasteiger partial charge is 0.482 e. The standard InChI is InChI=1S/C21H31N5O2.HI/c1-22-21(24-16-9-13-25(14-10-16)17-7-8-17)23-11-4-12-26-18-5-2-3-6-19(18)28-15-20(26)27;/h2-3,5-6,16-17H,4,7-15H2,1H3,(H2,22,23,24);1H.